The molecule has 1 aliphatic heterocycles. The molecule has 0 saturated carbocycles. The van der Waals surface area contributed by atoms with E-state index in [4.69, 9.17) is 9.84 Å². The van der Waals surface area contributed by atoms with Gasteiger partial charge in [0.1, 0.15) is 0 Å². The minimum atomic E-state index is -3.49. The van der Waals surface area contributed by atoms with Gasteiger partial charge in [-0.15, -0.1) is 0 Å². The van der Waals surface area contributed by atoms with Crippen LogP contribution in [0.2, 0.25) is 0 Å². The third-order valence-electron chi connectivity index (χ3n) is 3.77. The lowest BCUT2D eigenvalue weighted by atomic mass is 9.99. The molecule has 2 rings (SSSR count). The normalized spacial score (nSPS) is 18.0. The molecule has 0 bridgehead atoms. The number of ether oxygens (including phenoxy) is 1. The topological polar surface area (TPSA) is 66.8 Å². The number of aliphatic hydroxyl groups excluding tert-OH is 1. The molecule has 0 aromatic heterocycles. The van der Waals surface area contributed by atoms with Crippen molar-refractivity contribution in [2.75, 3.05) is 26.8 Å². The second-order valence-corrected chi connectivity index (χ2v) is 7.99. The summed E-state index contributed by atoms with van der Waals surface area (Å²) in [5, 5.41) is 9.09. The van der Waals surface area contributed by atoms with Crippen molar-refractivity contribution in [2.24, 2.45) is 5.92 Å². The fraction of sp³-hybridized carbons (Fsp3) is 0.571. The lowest BCUT2D eigenvalue weighted by Crippen LogP contribution is -2.39. The van der Waals surface area contributed by atoms with Crippen LogP contribution < -0.4 is 0 Å². The fourth-order valence-corrected chi connectivity index (χ4v) is 5.10. The number of nitrogens with zero attached hydrogens (tertiary/aromatic N) is 1. The maximum Gasteiger partial charge on any atom is 0.244 e. The van der Waals surface area contributed by atoms with Gasteiger partial charge >= 0.3 is 0 Å². The van der Waals surface area contributed by atoms with Crippen LogP contribution in [0.5, 0.6) is 0 Å². The Labute approximate surface area is 134 Å². The van der Waals surface area contributed by atoms with Crippen molar-refractivity contribution >= 4 is 26.0 Å². The van der Waals surface area contributed by atoms with E-state index in [1.165, 1.54) is 4.31 Å². The molecule has 0 radical (unpaired) electrons. The van der Waals surface area contributed by atoms with Crippen LogP contribution in [0.15, 0.2) is 27.6 Å². The third-order valence-corrected chi connectivity index (χ3v) is 6.65. The van der Waals surface area contributed by atoms with Gasteiger partial charge in [0.25, 0.3) is 0 Å². The van der Waals surface area contributed by atoms with Crippen LogP contribution in [0.25, 0.3) is 0 Å². The van der Waals surface area contributed by atoms with Crippen molar-refractivity contribution in [1.82, 2.24) is 4.31 Å². The summed E-state index contributed by atoms with van der Waals surface area (Å²) in [7, 11) is -1.82. The Morgan fingerprint density at radius 1 is 1.38 bits per heavy atom. The first-order valence-electron chi connectivity index (χ1n) is 6.87. The largest absolute Gasteiger partial charge is 0.392 e. The summed E-state index contributed by atoms with van der Waals surface area (Å²) >= 11 is 3.29. The monoisotopic (exact) mass is 377 g/mol. The highest BCUT2D eigenvalue weighted by Gasteiger charge is 2.30. The Balaban J connectivity index is 2.16. The summed E-state index contributed by atoms with van der Waals surface area (Å²) in [6, 6.07) is 4.83. The molecule has 118 valence electrons. The van der Waals surface area contributed by atoms with Crippen LogP contribution in [0, 0.1) is 5.92 Å². The molecule has 7 heteroatoms. The Bertz CT molecular complexity index is 583. The number of rotatable bonds is 5. The molecule has 1 aromatic carbocycles. The summed E-state index contributed by atoms with van der Waals surface area (Å²) in [6.45, 7) is 1.61. The predicted molar refractivity (Wildman–Crippen MR) is 83.4 cm³/mol. The van der Waals surface area contributed by atoms with Gasteiger partial charge in [-0.25, -0.2) is 8.42 Å². The Hall–Kier alpha value is -0.470. The van der Waals surface area contributed by atoms with Crippen LogP contribution in [0.4, 0.5) is 0 Å². The van der Waals surface area contributed by atoms with Crippen molar-refractivity contribution in [3.8, 4) is 0 Å². The van der Waals surface area contributed by atoms with E-state index < -0.39 is 10.0 Å². The molecule has 1 fully saturated rings. The highest BCUT2D eigenvalue weighted by Crippen LogP contribution is 2.29. The molecular weight excluding hydrogens is 358 g/mol. The van der Waals surface area contributed by atoms with Gasteiger partial charge in [0.05, 0.1) is 11.5 Å². The van der Waals surface area contributed by atoms with E-state index >= 15 is 0 Å². The molecule has 1 heterocycles. The lowest BCUT2D eigenvalue weighted by Gasteiger charge is -2.31. The van der Waals surface area contributed by atoms with Gasteiger partial charge in [0.2, 0.25) is 10.0 Å². The van der Waals surface area contributed by atoms with E-state index in [-0.39, 0.29) is 11.5 Å². The van der Waals surface area contributed by atoms with Gasteiger partial charge in [-0.1, -0.05) is 6.07 Å². The number of hydrogen-bond donors (Lipinski definition) is 1. The van der Waals surface area contributed by atoms with Gasteiger partial charge in [-0.3, -0.25) is 0 Å². The predicted octanol–water partition coefficient (Wildman–Crippen LogP) is 1.99. The van der Waals surface area contributed by atoms with Crippen molar-refractivity contribution in [3.05, 3.63) is 28.2 Å². The average molecular weight is 378 g/mol. The van der Waals surface area contributed by atoms with Crippen LogP contribution >= 0.6 is 15.9 Å². The number of sulfonamides is 1. The Morgan fingerprint density at radius 3 is 2.57 bits per heavy atom. The summed E-state index contributed by atoms with van der Waals surface area (Å²) in [5.74, 6) is 0.432. The first-order chi connectivity index (χ1) is 9.98. The molecule has 1 aromatic rings. The lowest BCUT2D eigenvalue weighted by molar-refractivity contribution is 0.121. The van der Waals surface area contributed by atoms with E-state index in [0.29, 0.717) is 35.7 Å². The molecular formula is C14H20BrNO4S. The molecule has 1 aliphatic rings. The van der Waals surface area contributed by atoms with Crippen molar-refractivity contribution in [1.29, 1.82) is 0 Å². The van der Waals surface area contributed by atoms with Gasteiger partial charge < -0.3 is 9.84 Å². The number of aliphatic hydroxyl groups is 1. The SMILES string of the molecule is COCC1CCN(S(=O)(=O)c2ccc(CO)cc2Br)CC1. The maximum atomic E-state index is 12.7. The van der Waals surface area contributed by atoms with Gasteiger partial charge in [-0.05, 0) is 52.4 Å². The van der Waals surface area contributed by atoms with E-state index in [9.17, 15) is 8.42 Å². The van der Waals surface area contributed by atoms with Crippen LogP contribution in [0.1, 0.15) is 18.4 Å². The van der Waals surface area contributed by atoms with E-state index in [2.05, 4.69) is 15.9 Å². The summed E-state index contributed by atoms with van der Waals surface area (Å²) in [5.41, 5.74) is 0.680. The summed E-state index contributed by atoms with van der Waals surface area (Å²) < 4.78 is 32.5. The fourth-order valence-electron chi connectivity index (χ4n) is 2.54. The number of methoxy groups -OCH3 is 1. The second-order valence-electron chi connectivity index (χ2n) is 5.23. The van der Waals surface area contributed by atoms with E-state index in [1.54, 1.807) is 25.3 Å². The van der Waals surface area contributed by atoms with Gasteiger partial charge in [-0.2, -0.15) is 4.31 Å². The molecule has 0 unspecified atom stereocenters. The summed E-state index contributed by atoms with van der Waals surface area (Å²) in [4.78, 5) is 0.255. The molecule has 0 atom stereocenters. The molecule has 1 N–H and O–H groups in total. The van der Waals surface area contributed by atoms with E-state index in [1.807, 2.05) is 0 Å². The zero-order valence-corrected chi connectivity index (χ0v) is 14.4. The molecule has 0 aliphatic carbocycles. The minimum absolute atomic E-state index is 0.110. The first-order valence-corrected chi connectivity index (χ1v) is 9.10. The minimum Gasteiger partial charge on any atom is -0.392 e. The first kappa shape index (κ1) is 16.9. The van der Waals surface area contributed by atoms with Crippen molar-refractivity contribution in [3.63, 3.8) is 0 Å². The zero-order valence-electron chi connectivity index (χ0n) is 12.0. The van der Waals surface area contributed by atoms with Gasteiger partial charge in [0, 0.05) is 31.3 Å². The van der Waals surface area contributed by atoms with E-state index in [0.717, 1.165) is 12.8 Å². The highest BCUT2D eigenvalue weighted by molar-refractivity contribution is 9.10. The second kappa shape index (κ2) is 7.19. The number of halogens is 1. The number of hydrogen-bond acceptors (Lipinski definition) is 4. The van der Waals surface area contributed by atoms with Gasteiger partial charge in [0.15, 0.2) is 0 Å². The summed E-state index contributed by atoms with van der Waals surface area (Å²) in [6.07, 6.45) is 1.64. The van der Waals surface area contributed by atoms with Crippen LogP contribution in [-0.2, 0) is 21.4 Å². The molecule has 0 spiro atoms. The Kier molecular flexibility index (Phi) is 5.79. The average Bonchev–Trinajstić information content (AvgIpc) is 2.47. The molecule has 21 heavy (non-hydrogen) atoms. The standard InChI is InChI=1S/C14H20BrNO4S/c1-20-10-11-4-6-16(7-5-11)21(18,19)14-3-2-12(9-17)8-13(14)15/h2-3,8,11,17H,4-7,9-10H2,1H3. The maximum absolute atomic E-state index is 12.7. The highest BCUT2D eigenvalue weighted by atomic mass is 79.9. The van der Waals surface area contributed by atoms with Crippen molar-refractivity contribution in [2.45, 2.75) is 24.3 Å². The quantitative estimate of drug-likeness (QED) is 0.851. The third kappa shape index (κ3) is 3.84. The molecule has 5 nitrogen and oxygen atoms in total. The van der Waals surface area contributed by atoms with Crippen molar-refractivity contribution < 1.29 is 18.3 Å². The van der Waals surface area contributed by atoms with Crippen LogP contribution in [0.3, 0.4) is 0 Å². The smallest absolute Gasteiger partial charge is 0.244 e. The Morgan fingerprint density at radius 2 is 2.05 bits per heavy atom. The molecule has 0 amide bonds. The number of benzene rings is 1. The zero-order chi connectivity index (χ0) is 15.5. The van der Waals surface area contributed by atoms with Crippen LogP contribution in [-0.4, -0.2) is 44.6 Å². The number of piperidine rings is 1. The molecule has 1 saturated heterocycles.